The van der Waals surface area contributed by atoms with Crippen LogP contribution in [0.4, 0.5) is 0 Å². The van der Waals surface area contributed by atoms with Gasteiger partial charge in [-0.3, -0.25) is 14.4 Å². The minimum atomic E-state index is -0.778. The van der Waals surface area contributed by atoms with Crippen LogP contribution in [0.15, 0.2) is 60.8 Å². The monoisotopic (exact) mass is 1080 g/mol. The van der Waals surface area contributed by atoms with E-state index in [1.54, 1.807) is 0 Å². The van der Waals surface area contributed by atoms with E-state index in [0.29, 0.717) is 19.3 Å². The molecule has 0 saturated heterocycles. The van der Waals surface area contributed by atoms with Gasteiger partial charge in [-0.1, -0.05) is 306 Å². The van der Waals surface area contributed by atoms with Crippen LogP contribution >= 0.6 is 0 Å². The number of allylic oxidation sites excluding steroid dienone is 10. The molecule has 0 rings (SSSR count). The molecule has 0 bridgehead atoms. The van der Waals surface area contributed by atoms with E-state index in [0.717, 1.165) is 83.5 Å². The number of carbonyl (C=O) groups excluding carboxylic acids is 3. The SMILES string of the molecule is CCCCCCC/C=C\C/C=C\C/C=C\CCCCCCCCC(=O)OC(COC(=O)CCCCCCCCC)COC(=O)CCCCCCCCCCCCCCCCCCCCC/C=C\C/C=C\CCCCCCC. The summed E-state index contributed by atoms with van der Waals surface area (Å²) in [6.07, 6.45) is 84.2. The quantitative estimate of drug-likeness (QED) is 0.0261. The van der Waals surface area contributed by atoms with Crippen molar-refractivity contribution in [1.29, 1.82) is 0 Å². The Balaban J connectivity index is 4.05. The fourth-order valence-corrected chi connectivity index (χ4v) is 9.89. The molecule has 0 aromatic rings. The van der Waals surface area contributed by atoms with E-state index in [1.807, 2.05) is 0 Å². The highest BCUT2D eigenvalue weighted by atomic mass is 16.6. The van der Waals surface area contributed by atoms with E-state index < -0.39 is 6.10 Å². The number of hydrogen-bond acceptors (Lipinski definition) is 6. The molecule has 0 N–H and O–H groups in total. The van der Waals surface area contributed by atoms with Gasteiger partial charge in [0, 0.05) is 19.3 Å². The lowest BCUT2D eigenvalue weighted by Gasteiger charge is -2.18. The summed E-state index contributed by atoms with van der Waals surface area (Å²) < 4.78 is 16.8. The molecule has 0 aromatic heterocycles. The van der Waals surface area contributed by atoms with Crippen molar-refractivity contribution in [1.82, 2.24) is 0 Å². The van der Waals surface area contributed by atoms with Crippen molar-refractivity contribution in [3.05, 3.63) is 60.8 Å². The molecule has 0 aliphatic rings. The van der Waals surface area contributed by atoms with Crippen LogP contribution in [0.3, 0.4) is 0 Å². The standard InChI is InChI=1S/C71H128O6/c1-4-7-10-13-16-18-20-22-24-26-28-30-31-32-33-34-35-36-37-38-39-41-42-44-46-48-50-52-55-58-61-64-70(73)76-67-68(66-75-69(72)63-60-57-54-15-12-9-6-3)77-71(74)65-62-59-56-53-51-49-47-45-43-40-29-27-25-23-21-19-17-14-11-8-5-2/h20-23,26-29,43,45,68H,4-19,24-25,30-42,44,46-67H2,1-3H3/b22-20-,23-21-,28-26-,29-27-,45-43-. The van der Waals surface area contributed by atoms with Gasteiger partial charge in [-0.2, -0.15) is 0 Å². The van der Waals surface area contributed by atoms with Gasteiger partial charge in [0.25, 0.3) is 0 Å². The molecular weight excluding hydrogens is 949 g/mol. The molecule has 1 atom stereocenters. The third kappa shape index (κ3) is 63.8. The van der Waals surface area contributed by atoms with E-state index in [-0.39, 0.29) is 31.1 Å². The molecule has 0 aromatic carbocycles. The highest BCUT2D eigenvalue weighted by molar-refractivity contribution is 5.71. The molecule has 448 valence electrons. The lowest BCUT2D eigenvalue weighted by Crippen LogP contribution is -2.30. The predicted octanol–water partition coefficient (Wildman–Crippen LogP) is 23.1. The van der Waals surface area contributed by atoms with E-state index in [9.17, 15) is 14.4 Å². The smallest absolute Gasteiger partial charge is 0.306 e. The van der Waals surface area contributed by atoms with Crippen molar-refractivity contribution in [2.45, 2.75) is 361 Å². The Morgan fingerprint density at radius 1 is 0.260 bits per heavy atom. The van der Waals surface area contributed by atoms with Gasteiger partial charge >= 0.3 is 17.9 Å². The number of unbranched alkanes of at least 4 members (excludes halogenated alkanes) is 41. The average molecular weight is 1080 g/mol. The summed E-state index contributed by atoms with van der Waals surface area (Å²) in [5.74, 6) is -0.878. The van der Waals surface area contributed by atoms with Crippen molar-refractivity contribution in [3.8, 4) is 0 Å². The summed E-state index contributed by atoms with van der Waals surface area (Å²) in [4.78, 5) is 38.1. The number of hydrogen-bond donors (Lipinski definition) is 0. The van der Waals surface area contributed by atoms with Crippen LogP contribution in [0.1, 0.15) is 355 Å². The Morgan fingerprint density at radius 2 is 0.468 bits per heavy atom. The minimum absolute atomic E-state index is 0.0759. The summed E-state index contributed by atoms with van der Waals surface area (Å²) in [5.41, 5.74) is 0. The van der Waals surface area contributed by atoms with Crippen molar-refractivity contribution < 1.29 is 28.6 Å². The number of ether oxygens (including phenoxy) is 3. The second-order valence-electron chi connectivity index (χ2n) is 22.7. The second-order valence-corrected chi connectivity index (χ2v) is 22.7. The second kappa shape index (κ2) is 65.6. The molecule has 6 nitrogen and oxygen atoms in total. The van der Waals surface area contributed by atoms with Crippen LogP contribution in [0.5, 0.6) is 0 Å². The van der Waals surface area contributed by atoms with Crippen LogP contribution in [0, 0.1) is 0 Å². The first kappa shape index (κ1) is 74.1. The number of rotatable bonds is 62. The van der Waals surface area contributed by atoms with Crippen LogP contribution in [-0.2, 0) is 28.6 Å². The zero-order valence-corrected chi connectivity index (χ0v) is 51.5. The highest BCUT2D eigenvalue weighted by Gasteiger charge is 2.19. The Bertz CT molecular complexity index is 1380. The first-order chi connectivity index (χ1) is 38.0. The maximum absolute atomic E-state index is 12.9. The Morgan fingerprint density at radius 3 is 0.727 bits per heavy atom. The molecule has 0 radical (unpaired) electrons. The summed E-state index contributed by atoms with van der Waals surface area (Å²) in [7, 11) is 0. The predicted molar refractivity (Wildman–Crippen MR) is 335 cm³/mol. The Kier molecular flexibility index (Phi) is 63.2. The van der Waals surface area contributed by atoms with Gasteiger partial charge in [0.15, 0.2) is 6.10 Å². The first-order valence-electron chi connectivity index (χ1n) is 33.8. The molecule has 6 heteroatoms. The summed E-state index contributed by atoms with van der Waals surface area (Å²) in [6.45, 7) is 6.61. The van der Waals surface area contributed by atoms with Crippen molar-refractivity contribution in [3.63, 3.8) is 0 Å². The van der Waals surface area contributed by atoms with Gasteiger partial charge < -0.3 is 14.2 Å². The van der Waals surface area contributed by atoms with E-state index in [1.165, 1.54) is 231 Å². The first-order valence-corrected chi connectivity index (χ1v) is 33.8. The third-order valence-corrected chi connectivity index (χ3v) is 15.0. The topological polar surface area (TPSA) is 78.9 Å². The van der Waals surface area contributed by atoms with Gasteiger partial charge in [-0.05, 0) is 89.9 Å². The van der Waals surface area contributed by atoms with Gasteiger partial charge in [-0.25, -0.2) is 0 Å². The molecule has 0 heterocycles. The number of esters is 3. The molecule has 0 spiro atoms. The fourth-order valence-electron chi connectivity index (χ4n) is 9.89. The third-order valence-electron chi connectivity index (χ3n) is 15.0. The van der Waals surface area contributed by atoms with Gasteiger partial charge in [-0.15, -0.1) is 0 Å². The van der Waals surface area contributed by atoms with Crippen LogP contribution < -0.4 is 0 Å². The van der Waals surface area contributed by atoms with E-state index in [2.05, 4.69) is 81.5 Å². The molecule has 0 aliphatic heterocycles. The summed E-state index contributed by atoms with van der Waals surface area (Å²) in [6, 6.07) is 0. The maximum atomic E-state index is 12.9. The van der Waals surface area contributed by atoms with Gasteiger partial charge in [0.2, 0.25) is 0 Å². The maximum Gasteiger partial charge on any atom is 0.306 e. The van der Waals surface area contributed by atoms with Crippen molar-refractivity contribution >= 4 is 17.9 Å². The lowest BCUT2D eigenvalue weighted by molar-refractivity contribution is -0.167. The van der Waals surface area contributed by atoms with Gasteiger partial charge in [0.1, 0.15) is 13.2 Å². The Hall–Kier alpha value is -2.89. The summed E-state index contributed by atoms with van der Waals surface area (Å²) in [5, 5.41) is 0. The lowest BCUT2D eigenvalue weighted by atomic mass is 10.0. The molecule has 0 aliphatic carbocycles. The molecule has 0 saturated carbocycles. The summed E-state index contributed by atoms with van der Waals surface area (Å²) >= 11 is 0. The normalized spacial score (nSPS) is 12.4. The van der Waals surface area contributed by atoms with Crippen LogP contribution in [0.2, 0.25) is 0 Å². The average Bonchev–Trinajstić information content (AvgIpc) is 3.43. The zero-order chi connectivity index (χ0) is 55.7. The van der Waals surface area contributed by atoms with Crippen LogP contribution in [0.25, 0.3) is 0 Å². The highest BCUT2D eigenvalue weighted by Crippen LogP contribution is 2.17. The Labute approximate surface area is 479 Å². The zero-order valence-electron chi connectivity index (χ0n) is 51.5. The molecule has 1 unspecified atom stereocenters. The van der Waals surface area contributed by atoms with E-state index >= 15 is 0 Å². The van der Waals surface area contributed by atoms with E-state index in [4.69, 9.17) is 14.2 Å². The largest absolute Gasteiger partial charge is 0.462 e. The molecule has 0 amide bonds. The molecule has 77 heavy (non-hydrogen) atoms. The van der Waals surface area contributed by atoms with Crippen LogP contribution in [-0.4, -0.2) is 37.2 Å². The van der Waals surface area contributed by atoms with Crippen molar-refractivity contribution in [2.75, 3.05) is 13.2 Å². The number of carbonyl (C=O) groups is 3. The molecular formula is C71H128O6. The van der Waals surface area contributed by atoms with Crippen molar-refractivity contribution in [2.24, 2.45) is 0 Å². The molecule has 0 fully saturated rings. The minimum Gasteiger partial charge on any atom is -0.462 e. The van der Waals surface area contributed by atoms with Gasteiger partial charge in [0.05, 0.1) is 0 Å². The fraction of sp³-hybridized carbons (Fsp3) is 0.817.